The second-order valence-electron chi connectivity index (χ2n) is 6.06. The second-order valence-corrected chi connectivity index (χ2v) is 6.06. The molecule has 0 saturated carbocycles. The summed E-state index contributed by atoms with van der Waals surface area (Å²) in [6, 6.07) is 11.6. The number of carboxylic acids is 1. The number of aromatic nitrogens is 4. The number of nitrogens with zero attached hydrogens (tertiary/aromatic N) is 5. The predicted molar refractivity (Wildman–Crippen MR) is 92.0 cm³/mol. The molecular weight excluding hydrogens is 318 g/mol. The van der Waals surface area contributed by atoms with Gasteiger partial charge in [-0.25, -0.2) is 14.5 Å². The molecule has 0 bridgehead atoms. The Bertz CT molecular complexity index is 950. The third kappa shape index (κ3) is 2.96. The lowest BCUT2D eigenvalue weighted by atomic mass is 10.0. The number of rotatable bonds is 3. The summed E-state index contributed by atoms with van der Waals surface area (Å²) in [5, 5.41) is 13.1. The molecule has 1 aromatic carbocycles. The van der Waals surface area contributed by atoms with Crippen molar-refractivity contribution in [3.05, 3.63) is 65.1 Å². The van der Waals surface area contributed by atoms with Gasteiger partial charge >= 0.3 is 5.97 Å². The van der Waals surface area contributed by atoms with Gasteiger partial charge in [-0.15, -0.1) is 0 Å². The summed E-state index contributed by atoms with van der Waals surface area (Å²) in [5.74, 6) is 0.142. The van der Waals surface area contributed by atoms with E-state index >= 15 is 0 Å². The SMILES string of the molecule is Cc1cc(-n2ccc(C(=O)O)n2)nc(N2CCc3ccccc3C2)n1. The number of aryl methyl sites for hydroxylation is 1. The molecule has 0 spiro atoms. The van der Waals surface area contributed by atoms with E-state index in [9.17, 15) is 4.79 Å². The highest BCUT2D eigenvalue weighted by atomic mass is 16.4. The van der Waals surface area contributed by atoms with Crippen molar-refractivity contribution >= 4 is 11.9 Å². The molecule has 3 aromatic rings. The van der Waals surface area contributed by atoms with Crippen molar-refractivity contribution < 1.29 is 9.90 Å². The van der Waals surface area contributed by atoms with E-state index in [2.05, 4.69) is 38.2 Å². The Kier molecular flexibility index (Phi) is 3.68. The summed E-state index contributed by atoms with van der Waals surface area (Å²) < 4.78 is 1.47. The minimum Gasteiger partial charge on any atom is -0.476 e. The van der Waals surface area contributed by atoms with Gasteiger partial charge in [0.2, 0.25) is 5.95 Å². The van der Waals surface area contributed by atoms with Crippen LogP contribution >= 0.6 is 0 Å². The topological polar surface area (TPSA) is 84.1 Å². The van der Waals surface area contributed by atoms with E-state index < -0.39 is 5.97 Å². The molecule has 0 saturated heterocycles. The van der Waals surface area contributed by atoms with Crippen LogP contribution in [0.3, 0.4) is 0 Å². The molecule has 1 aliphatic heterocycles. The molecule has 4 rings (SSSR count). The molecule has 0 fully saturated rings. The maximum atomic E-state index is 11.0. The highest BCUT2D eigenvalue weighted by Gasteiger charge is 2.19. The molecule has 0 radical (unpaired) electrons. The summed E-state index contributed by atoms with van der Waals surface area (Å²) in [6.45, 7) is 3.51. The largest absolute Gasteiger partial charge is 0.476 e. The van der Waals surface area contributed by atoms with E-state index in [1.54, 1.807) is 12.3 Å². The molecule has 0 amide bonds. The van der Waals surface area contributed by atoms with Crippen LogP contribution in [0.15, 0.2) is 42.6 Å². The number of carboxylic acid groups (broad SMARTS) is 1. The van der Waals surface area contributed by atoms with Crippen LogP contribution in [0.1, 0.15) is 27.3 Å². The number of fused-ring (bicyclic) bond motifs is 1. The lowest BCUT2D eigenvalue weighted by Crippen LogP contribution is -2.32. The molecule has 0 aliphatic carbocycles. The summed E-state index contributed by atoms with van der Waals surface area (Å²) >= 11 is 0. The van der Waals surface area contributed by atoms with Gasteiger partial charge in [-0.1, -0.05) is 24.3 Å². The second kappa shape index (κ2) is 6.01. The zero-order chi connectivity index (χ0) is 17.4. The maximum Gasteiger partial charge on any atom is 0.356 e. The summed E-state index contributed by atoms with van der Waals surface area (Å²) in [4.78, 5) is 22.3. The number of hydrogen-bond acceptors (Lipinski definition) is 5. The van der Waals surface area contributed by atoms with Gasteiger partial charge in [-0.2, -0.15) is 10.1 Å². The first-order chi connectivity index (χ1) is 12.1. The fourth-order valence-corrected chi connectivity index (χ4v) is 3.03. The smallest absolute Gasteiger partial charge is 0.356 e. The van der Waals surface area contributed by atoms with Gasteiger partial charge in [0.25, 0.3) is 0 Å². The Labute approximate surface area is 144 Å². The van der Waals surface area contributed by atoms with E-state index in [4.69, 9.17) is 5.11 Å². The van der Waals surface area contributed by atoms with Crippen LogP contribution in [0.5, 0.6) is 0 Å². The minimum atomic E-state index is -1.06. The van der Waals surface area contributed by atoms with E-state index in [0.29, 0.717) is 11.8 Å². The Morgan fingerprint density at radius 2 is 1.96 bits per heavy atom. The molecular formula is C18H17N5O2. The van der Waals surface area contributed by atoms with Crippen LogP contribution in [-0.2, 0) is 13.0 Å². The Morgan fingerprint density at radius 3 is 2.72 bits per heavy atom. The highest BCUT2D eigenvalue weighted by Crippen LogP contribution is 2.23. The Hall–Kier alpha value is -3.22. The zero-order valence-electron chi connectivity index (χ0n) is 13.8. The molecule has 0 atom stereocenters. The first-order valence-electron chi connectivity index (χ1n) is 8.07. The third-order valence-corrected chi connectivity index (χ3v) is 4.29. The van der Waals surface area contributed by atoms with E-state index in [-0.39, 0.29) is 5.69 Å². The summed E-state index contributed by atoms with van der Waals surface area (Å²) in [5.41, 5.74) is 3.45. The quantitative estimate of drug-likeness (QED) is 0.790. The van der Waals surface area contributed by atoms with Crippen LogP contribution in [-0.4, -0.2) is 37.4 Å². The minimum absolute atomic E-state index is 0.00952. The summed E-state index contributed by atoms with van der Waals surface area (Å²) in [7, 11) is 0. The van der Waals surface area contributed by atoms with Gasteiger partial charge in [0, 0.05) is 31.0 Å². The number of carbonyl (C=O) groups is 1. The van der Waals surface area contributed by atoms with Gasteiger partial charge in [-0.3, -0.25) is 0 Å². The molecule has 0 unspecified atom stereocenters. The van der Waals surface area contributed by atoms with Gasteiger partial charge < -0.3 is 10.0 Å². The monoisotopic (exact) mass is 335 g/mol. The molecule has 7 heteroatoms. The number of hydrogen-bond donors (Lipinski definition) is 1. The van der Waals surface area contributed by atoms with Gasteiger partial charge in [-0.05, 0) is 30.5 Å². The molecule has 2 aromatic heterocycles. The molecule has 1 N–H and O–H groups in total. The zero-order valence-corrected chi connectivity index (χ0v) is 13.8. The fourth-order valence-electron chi connectivity index (χ4n) is 3.03. The van der Waals surface area contributed by atoms with Crippen LogP contribution in [0.25, 0.3) is 5.82 Å². The average molecular weight is 335 g/mol. The third-order valence-electron chi connectivity index (χ3n) is 4.29. The first kappa shape index (κ1) is 15.3. The molecule has 25 heavy (non-hydrogen) atoms. The molecule has 126 valence electrons. The molecule has 1 aliphatic rings. The van der Waals surface area contributed by atoms with Crippen molar-refractivity contribution in [2.75, 3.05) is 11.4 Å². The van der Waals surface area contributed by atoms with Crippen molar-refractivity contribution in [1.82, 2.24) is 19.7 Å². The summed E-state index contributed by atoms with van der Waals surface area (Å²) in [6.07, 6.45) is 2.55. The number of benzene rings is 1. The van der Waals surface area contributed by atoms with Crippen molar-refractivity contribution in [3.8, 4) is 5.82 Å². The predicted octanol–water partition coefficient (Wildman–Crippen LogP) is 2.23. The van der Waals surface area contributed by atoms with Crippen LogP contribution in [0.2, 0.25) is 0 Å². The molecule has 3 heterocycles. The van der Waals surface area contributed by atoms with Crippen molar-refractivity contribution in [3.63, 3.8) is 0 Å². The van der Waals surface area contributed by atoms with Crippen molar-refractivity contribution in [2.24, 2.45) is 0 Å². The molecule has 7 nitrogen and oxygen atoms in total. The Morgan fingerprint density at radius 1 is 1.16 bits per heavy atom. The van der Waals surface area contributed by atoms with Gasteiger partial charge in [0.1, 0.15) is 0 Å². The first-order valence-corrected chi connectivity index (χ1v) is 8.07. The Balaban J connectivity index is 1.67. The van der Waals surface area contributed by atoms with Crippen molar-refractivity contribution in [1.29, 1.82) is 0 Å². The maximum absolute atomic E-state index is 11.0. The van der Waals surface area contributed by atoms with Gasteiger partial charge in [0.15, 0.2) is 11.5 Å². The number of anilines is 1. The lowest BCUT2D eigenvalue weighted by Gasteiger charge is -2.29. The van der Waals surface area contributed by atoms with E-state index in [1.165, 1.54) is 21.9 Å². The van der Waals surface area contributed by atoms with E-state index in [1.807, 2.05) is 13.0 Å². The van der Waals surface area contributed by atoms with Crippen LogP contribution in [0.4, 0.5) is 5.95 Å². The van der Waals surface area contributed by atoms with Gasteiger partial charge in [0.05, 0.1) is 0 Å². The normalized spacial score (nSPS) is 13.6. The number of aromatic carboxylic acids is 1. The highest BCUT2D eigenvalue weighted by molar-refractivity contribution is 5.85. The standard InChI is InChI=1S/C18H17N5O2/c1-12-10-16(23-9-7-15(21-23)17(24)25)20-18(19-12)22-8-6-13-4-2-3-5-14(13)11-22/h2-5,7,9-10H,6,8,11H2,1H3,(H,24,25). The van der Waals surface area contributed by atoms with Crippen molar-refractivity contribution in [2.45, 2.75) is 19.9 Å². The lowest BCUT2D eigenvalue weighted by molar-refractivity contribution is 0.0690. The average Bonchev–Trinajstić information content (AvgIpc) is 3.11. The van der Waals surface area contributed by atoms with Crippen LogP contribution in [0, 0.1) is 6.92 Å². The van der Waals surface area contributed by atoms with E-state index in [0.717, 1.165) is 25.2 Å². The van der Waals surface area contributed by atoms with Crippen LogP contribution < -0.4 is 4.90 Å². The fraction of sp³-hybridized carbons (Fsp3) is 0.222.